The van der Waals surface area contributed by atoms with Gasteiger partial charge >= 0.3 is 5.97 Å². The van der Waals surface area contributed by atoms with E-state index in [1.807, 2.05) is 36.4 Å². The molecular formula is C14H14ClNO2S. The minimum atomic E-state index is -0.794. The Kier molecular flexibility index (Phi) is 4.96. The molecule has 0 atom stereocenters. The van der Waals surface area contributed by atoms with E-state index in [-0.39, 0.29) is 6.42 Å². The van der Waals surface area contributed by atoms with Crippen LogP contribution < -0.4 is 5.32 Å². The molecule has 5 heteroatoms. The third-order valence-electron chi connectivity index (χ3n) is 2.62. The van der Waals surface area contributed by atoms with Crippen molar-refractivity contribution in [1.82, 2.24) is 5.32 Å². The van der Waals surface area contributed by atoms with Crippen molar-refractivity contribution in [2.45, 2.75) is 19.5 Å². The summed E-state index contributed by atoms with van der Waals surface area (Å²) in [6.07, 6.45) is 0.0924. The summed E-state index contributed by atoms with van der Waals surface area (Å²) in [7, 11) is 0. The Balaban J connectivity index is 1.84. The Hall–Kier alpha value is -1.36. The molecule has 0 fully saturated rings. The quantitative estimate of drug-likeness (QED) is 0.859. The number of halogens is 1. The molecule has 0 radical (unpaired) electrons. The molecule has 2 rings (SSSR count). The fourth-order valence-corrected chi connectivity index (χ4v) is 2.90. The summed E-state index contributed by atoms with van der Waals surface area (Å²) < 4.78 is 0. The van der Waals surface area contributed by atoms with Crippen molar-refractivity contribution < 1.29 is 9.90 Å². The number of rotatable bonds is 6. The molecule has 0 unspecified atom stereocenters. The van der Waals surface area contributed by atoms with Crippen LogP contribution in [0.2, 0.25) is 5.02 Å². The average Bonchev–Trinajstić information content (AvgIpc) is 2.78. The van der Waals surface area contributed by atoms with Crippen LogP contribution in [0.15, 0.2) is 36.4 Å². The smallest absolute Gasteiger partial charge is 0.308 e. The molecule has 1 aromatic heterocycles. The number of hydrogen-bond donors (Lipinski definition) is 2. The second-order valence-corrected chi connectivity index (χ2v) is 5.79. The minimum absolute atomic E-state index is 0.0924. The lowest BCUT2D eigenvalue weighted by Gasteiger charge is -2.05. The summed E-state index contributed by atoms with van der Waals surface area (Å²) in [6, 6.07) is 11.5. The maximum atomic E-state index is 10.6. The number of carbonyl (C=O) groups is 1. The molecule has 2 aromatic rings. The van der Waals surface area contributed by atoms with Crippen LogP contribution in [0.25, 0.3) is 0 Å². The Morgan fingerprint density at radius 3 is 2.63 bits per heavy atom. The van der Waals surface area contributed by atoms with E-state index in [4.69, 9.17) is 16.7 Å². The van der Waals surface area contributed by atoms with E-state index in [0.29, 0.717) is 6.54 Å². The van der Waals surface area contributed by atoms with Crippen molar-refractivity contribution >= 4 is 28.9 Å². The molecule has 0 spiro atoms. The van der Waals surface area contributed by atoms with E-state index in [9.17, 15) is 4.79 Å². The van der Waals surface area contributed by atoms with E-state index in [1.165, 1.54) is 11.3 Å². The highest BCUT2D eigenvalue weighted by atomic mass is 35.5. The largest absolute Gasteiger partial charge is 0.481 e. The highest BCUT2D eigenvalue weighted by molar-refractivity contribution is 7.12. The zero-order valence-electron chi connectivity index (χ0n) is 10.2. The van der Waals surface area contributed by atoms with E-state index < -0.39 is 5.97 Å². The Morgan fingerprint density at radius 2 is 1.89 bits per heavy atom. The minimum Gasteiger partial charge on any atom is -0.481 e. The van der Waals surface area contributed by atoms with E-state index >= 15 is 0 Å². The van der Waals surface area contributed by atoms with Gasteiger partial charge in [-0.2, -0.15) is 0 Å². The molecular weight excluding hydrogens is 282 g/mol. The van der Waals surface area contributed by atoms with E-state index in [0.717, 1.165) is 26.9 Å². The number of benzene rings is 1. The van der Waals surface area contributed by atoms with Gasteiger partial charge in [0.2, 0.25) is 0 Å². The topological polar surface area (TPSA) is 49.3 Å². The number of hydrogen-bond acceptors (Lipinski definition) is 3. The Morgan fingerprint density at radius 1 is 1.16 bits per heavy atom. The molecule has 19 heavy (non-hydrogen) atoms. The second-order valence-electron chi connectivity index (χ2n) is 4.13. The SMILES string of the molecule is O=C(O)Cc1ccc(CNCc2ccccc2Cl)s1. The van der Waals surface area contributed by atoms with Gasteiger partial charge in [0, 0.05) is 27.9 Å². The van der Waals surface area contributed by atoms with Crippen LogP contribution in [0, 0.1) is 0 Å². The van der Waals surface area contributed by atoms with Crippen LogP contribution in [0.4, 0.5) is 0 Å². The molecule has 1 aromatic carbocycles. The first-order valence-corrected chi connectivity index (χ1v) is 7.08. The van der Waals surface area contributed by atoms with Gasteiger partial charge in [-0.3, -0.25) is 4.79 Å². The van der Waals surface area contributed by atoms with Gasteiger partial charge in [-0.05, 0) is 23.8 Å². The van der Waals surface area contributed by atoms with Crippen molar-refractivity contribution in [3.05, 3.63) is 56.7 Å². The highest BCUT2D eigenvalue weighted by Crippen LogP contribution is 2.18. The third-order valence-corrected chi connectivity index (χ3v) is 4.07. The maximum absolute atomic E-state index is 10.6. The Labute approximate surface area is 120 Å². The molecule has 1 heterocycles. The van der Waals surface area contributed by atoms with Crippen molar-refractivity contribution in [2.24, 2.45) is 0 Å². The average molecular weight is 296 g/mol. The first kappa shape index (κ1) is 14.1. The molecule has 0 aliphatic heterocycles. The van der Waals surface area contributed by atoms with Crippen LogP contribution in [0.3, 0.4) is 0 Å². The zero-order chi connectivity index (χ0) is 13.7. The van der Waals surface area contributed by atoms with Gasteiger partial charge < -0.3 is 10.4 Å². The first-order chi connectivity index (χ1) is 9.15. The molecule has 0 amide bonds. The van der Waals surface area contributed by atoms with Crippen molar-refractivity contribution in [3.63, 3.8) is 0 Å². The molecule has 3 nitrogen and oxygen atoms in total. The van der Waals surface area contributed by atoms with Gasteiger partial charge in [0.1, 0.15) is 0 Å². The first-order valence-electron chi connectivity index (χ1n) is 5.88. The van der Waals surface area contributed by atoms with Gasteiger partial charge in [0.05, 0.1) is 6.42 Å². The summed E-state index contributed by atoms with van der Waals surface area (Å²) in [4.78, 5) is 12.6. The number of thiophene rings is 1. The summed E-state index contributed by atoms with van der Waals surface area (Å²) in [5, 5.41) is 12.8. The highest BCUT2D eigenvalue weighted by Gasteiger charge is 2.05. The normalized spacial score (nSPS) is 10.6. The van der Waals surface area contributed by atoms with Gasteiger partial charge in [-0.15, -0.1) is 11.3 Å². The summed E-state index contributed by atoms with van der Waals surface area (Å²) in [5.41, 5.74) is 1.06. The van der Waals surface area contributed by atoms with Gasteiger partial charge in [0.15, 0.2) is 0 Å². The third kappa shape index (κ3) is 4.35. The number of aliphatic carboxylic acids is 1. The lowest BCUT2D eigenvalue weighted by atomic mass is 10.2. The lowest BCUT2D eigenvalue weighted by molar-refractivity contribution is -0.136. The van der Waals surface area contributed by atoms with Crippen LogP contribution in [-0.2, 0) is 24.3 Å². The molecule has 0 bridgehead atoms. The summed E-state index contributed by atoms with van der Waals surface area (Å²) >= 11 is 7.59. The molecule has 0 aliphatic carbocycles. The fourth-order valence-electron chi connectivity index (χ4n) is 1.72. The molecule has 0 saturated carbocycles. The van der Waals surface area contributed by atoms with Crippen LogP contribution in [0.5, 0.6) is 0 Å². The van der Waals surface area contributed by atoms with Crippen molar-refractivity contribution in [2.75, 3.05) is 0 Å². The van der Waals surface area contributed by atoms with E-state index in [1.54, 1.807) is 0 Å². The van der Waals surface area contributed by atoms with Crippen LogP contribution >= 0.6 is 22.9 Å². The predicted molar refractivity (Wildman–Crippen MR) is 77.7 cm³/mol. The standard InChI is InChI=1S/C14H14ClNO2S/c15-13-4-2-1-3-10(13)8-16-9-12-6-5-11(19-12)7-14(17)18/h1-6,16H,7-9H2,(H,17,18). The van der Waals surface area contributed by atoms with Crippen molar-refractivity contribution in [3.8, 4) is 0 Å². The monoisotopic (exact) mass is 295 g/mol. The molecule has 2 N–H and O–H groups in total. The molecule has 0 aliphatic rings. The van der Waals surface area contributed by atoms with Gasteiger partial charge in [-0.25, -0.2) is 0 Å². The lowest BCUT2D eigenvalue weighted by Crippen LogP contribution is -2.11. The number of carboxylic acids is 1. The molecule has 100 valence electrons. The second kappa shape index (κ2) is 6.70. The number of carboxylic acid groups (broad SMARTS) is 1. The van der Waals surface area contributed by atoms with Crippen LogP contribution in [0.1, 0.15) is 15.3 Å². The van der Waals surface area contributed by atoms with Gasteiger partial charge in [0.25, 0.3) is 0 Å². The van der Waals surface area contributed by atoms with Crippen molar-refractivity contribution in [1.29, 1.82) is 0 Å². The Bertz CT molecular complexity index is 568. The molecule has 0 saturated heterocycles. The van der Waals surface area contributed by atoms with E-state index in [2.05, 4.69) is 5.32 Å². The fraction of sp³-hybridized carbons (Fsp3) is 0.214. The van der Waals surface area contributed by atoms with Crippen LogP contribution in [-0.4, -0.2) is 11.1 Å². The zero-order valence-corrected chi connectivity index (χ0v) is 11.8. The summed E-state index contributed by atoms with van der Waals surface area (Å²) in [6.45, 7) is 1.42. The predicted octanol–water partition coefficient (Wildman–Crippen LogP) is 3.32. The van der Waals surface area contributed by atoms with Gasteiger partial charge in [-0.1, -0.05) is 29.8 Å². The number of nitrogens with one attached hydrogen (secondary N) is 1. The summed E-state index contributed by atoms with van der Waals surface area (Å²) in [5.74, 6) is -0.794. The maximum Gasteiger partial charge on any atom is 0.308 e.